The summed E-state index contributed by atoms with van der Waals surface area (Å²) in [7, 11) is 0. The van der Waals surface area contributed by atoms with Crippen LogP contribution in [0.1, 0.15) is 21.5 Å². The van der Waals surface area contributed by atoms with E-state index in [4.69, 9.17) is 5.11 Å². The number of hydrogen-bond donors (Lipinski definition) is 1. The Balaban J connectivity index is 2.37. The fourth-order valence-electron chi connectivity index (χ4n) is 2.99. The number of carboxylic acids is 1. The van der Waals surface area contributed by atoms with Crippen LogP contribution in [0.25, 0.3) is 0 Å². The van der Waals surface area contributed by atoms with Gasteiger partial charge in [0.2, 0.25) is 0 Å². The van der Waals surface area contributed by atoms with Gasteiger partial charge >= 0.3 is 12.1 Å². The fourth-order valence-corrected chi connectivity index (χ4v) is 2.99. The maximum absolute atomic E-state index is 13.0. The molecule has 0 bridgehead atoms. The number of halogens is 3. The van der Waals surface area contributed by atoms with Gasteiger partial charge in [-0.25, -0.2) is 0 Å². The van der Waals surface area contributed by atoms with Gasteiger partial charge in [-0.15, -0.1) is 0 Å². The average molecular weight is 360 g/mol. The molecule has 1 heterocycles. The predicted molar refractivity (Wildman–Crippen MR) is 79.1 cm³/mol. The number of aryl methyl sites for hydroxylation is 2. The van der Waals surface area contributed by atoms with Crippen molar-refractivity contribution in [1.82, 2.24) is 4.90 Å². The van der Waals surface area contributed by atoms with Crippen molar-refractivity contribution in [2.24, 2.45) is 11.8 Å². The van der Waals surface area contributed by atoms with Crippen LogP contribution in [-0.2, 0) is 4.79 Å². The normalized spacial score (nSPS) is 20.6. The fraction of sp³-hybridized carbons (Fsp3) is 0.467. The summed E-state index contributed by atoms with van der Waals surface area (Å²) in [4.78, 5) is 34.7. The number of amides is 1. The molecule has 2 rings (SSSR count). The minimum Gasteiger partial charge on any atom is -0.481 e. The third-order valence-corrected chi connectivity index (χ3v) is 4.31. The molecule has 0 aromatic heterocycles. The maximum atomic E-state index is 13.0. The lowest BCUT2D eigenvalue weighted by molar-refractivity contribution is -0.385. The summed E-state index contributed by atoms with van der Waals surface area (Å²) in [5, 5.41) is 20.0. The molecule has 2 atom stereocenters. The van der Waals surface area contributed by atoms with Gasteiger partial charge in [-0.2, -0.15) is 13.2 Å². The summed E-state index contributed by atoms with van der Waals surface area (Å²) in [6, 6.07) is 2.42. The molecule has 10 heteroatoms. The number of carbonyl (C=O) groups is 2. The van der Waals surface area contributed by atoms with Gasteiger partial charge in [0.1, 0.15) is 0 Å². The number of nitro groups is 1. The Labute approximate surface area is 140 Å². The van der Waals surface area contributed by atoms with Crippen molar-refractivity contribution >= 4 is 17.6 Å². The zero-order chi connectivity index (χ0) is 19.1. The lowest BCUT2D eigenvalue weighted by Gasteiger charge is -2.19. The van der Waals surface area contributed by atoms with Crippen molar-refractivity contribution in [3.8, 4) is 0 Å². The first-order valence-corrected chi connectivity index (χ1v) is 7.28. The summed E-state index contributed by atoms with van der Waals surface area (Å²) in [5.74, 6) is -6.41. The summed E-state index contributed by atoms with van der Waals surface area (Å²) < 4.78 is 39.1. The highest BCUT2D eigenvalue weighted by molar-refractivity contribution is 5.97. The van der Waals surface area contributed by atoms with E-state index in [1.807, 2.05) is 0 Å². The van der Waals surface area contributed by atoms with E-state index in [9.17, 15) is 32.9 Å². The molecule has 1 aliphatic rings. The van der Waals surface area contributed by atoms with E-state index >= 15 is 0 Å². The van der Waals surface area contributed by atoms with Crippen LogP contribution in [-0.4, -0.2) is 46.1 Å². The second-order valence-electron chi connectivity index (χ2n) is 6.01. The van der Waals surface area contributed by atoms with Crippen molar-refractivity contribution < 1.29 is 32.8 Å². The second kappa shape index (κ2) is 6.34. The molecular formula is C15H15F3N2O5. The van der Waals surface area contributed by atoms with E-state index in [0.717, 1.165) is 11.0 Å². The Morgan fingerprint density at radius 3 is 2.28 bits per heavy atom. The number of likely N-dealkylation sites (tertiary alicyclic amines) is 1. The molecule has 25 heavy (non-hydrogen) atoms. The number of carbonyl (C=O) groups excluding carboxylic acids is 1. The van der Waals surface area contributed by atoms with Crippen LogP contribution in [0.4, 0.5) is 18.9 Å². The minimum absolute atomic E-state index is 0.107. The molecule has 1 aromatic carbocycles. The standard InChI is InChI=1S/C15H15F3N2O5/c1-7-3-8(2)12(20(24)25)4-9(7)13(21)19-5-10(14(22)23)11(6-19)15(16,17)18/h3-4,10-11H,5-6H2,1-2H3,(H,22,23)/t10-,11-/m1/s1. The molecule has 0 aliphatic carbocycles. The zero-order valence-corrected chi connectivity index (χ0v) is 13.3. The van der Waals surface area contributed by atoms with E-state index in [1.54, 1.807) is 0 Å². The summed E-state index contributed by atoms with van der Waals surface area (Å²) in [6.45, 7) is 1.60. The van der Waals surface area contributed by atoms with E-state index in [-0.39, 0.29) is 11.3 Å². The minimum atomic E-state index is -4.76. The number of carboxylic acid groups (broad SMARTS) is 1. The van der Waals surface area contributed by atoms with Crippen LogP contribution >= 0.6 is 0 Å². The number of benzene rings is 1. The van der Waals surface area contributed by atoms with E-state index < -0.39 is 47.9 Å². The highest BCUT2D eigenvalue weighted by atomic mass is 19.4. The molecule has 0 radical (unpaired) electrons. The highest BCUT2D eigenvalue weighted by Crippen LogP contribution is 2.38. The number of rotatable bonds is 3. The van der Waals surface area contributed by atoms with Crippen LogP contribution in [0.2, 0.25) is 0 Å². The van der Waals surface area contributed by atoms with Gasteiger partial charge in [-0.1, -0.05) is 0 Å². The molecule has 1 aliphatic heterocycles. The van der Waals surface area contributed by atoms with Gasteiger partial charge in [0.25, 0.3) is 11.6 Å². The second-order valence-corrected chi connectivity index (χ2v) is 6.01. The van der Waals surface area contributed by atoms with Gasteiger partial charge in [-0.05, 0) is 25.5 Å². The Bertz CT molecular complexity index is 747. The highest BCUT2D eigenvalue weighted by Gasteiger charge is 2.53. The molecule has 1 saturated heterocycles. The molecule has 7 nitrogen and oxygen atoms in total. The molecule has 0 unspecified atom stereocenters. The zero-order valence-electron chi connectivity index (χ0n) is 13.3. The van der Waals surface area contributed by atoms with Gasteiger partial charge < -0.3 is 10.0 Å². The largest absolute Gasteiger partial charge is 0.481 e. The third-order valence-electron chi connectivity index (χ3n) is 4.31. The number of nitro benzene ring substituents is 1. The number of aliphatic carboxylic acids is 1. The van der Waals surface area contributed by atoms with Crippen molar-refractivity contribution in [3.05, 3.63) is 38.9 Å². The third kappa shape index (κ3) is 3.57. The lowest BCUT2D eigenvalue weighted by atomic mass is 9.96. The van der Waals surface area contributed by atoms with Crippen LogP contribution < -0.4 is 0 Å². The Hall–Kier alpha value is -2.65. The molecule has 0 saturated carbocycles. The number of alkyl halides is 3. The van der Waals surface area contributed by atoms with E-state index in [1.165, 1.54) is 19.9 Å². The molecular weight excluding hydrogens is 345 g/mol. The smallest absolute Gasteiger partial charge is 0.394 e. The first-order valence-electron chi connectivity index (χ1n) is 7.28. The summed E-state index contributed by atoms with van der Waals surface area (Å²) in [5.41, 5.74) is 0.257. The summed E-state index contributed by atoms with van der Waals surface area (Å²) >= 11 is 0. The van der Waals surface area contributed by atoms with Crippen molar-refractivity contribution in [1.29, 1.82) is 0 Å². The van der Waals surface area contributed by atoms with Crippen molar-refractivity contribution in [2.75, 3.05) is 13.1 Å². The molecule has 136 valence electrons. The van der Waals surface area contributed by atoms with Gasteiger partial charge in [0, 0.05) is 30.3 Å². The van der Waals surface area contributed by atoms with Crippen LogP contribution in [0, 0.1) is 35.8 Å². The summed E-state index contributed by atoms with van der Waals surface area (Å²) in [6.07, 6.45) is -4.76. The topological polar surface area (TPSA) is 101 Å². The first-order chi connectivity index (χ1) is 11.4. The molecule has 1 fully saturated rings. The first kappa shape index (κ1) is 18.7. The van der Waals surface area contributed by atoms with Gasteiger partial charge in [-0.3, -0.25) is 19.7 Å². The Morgan fingerprint density at radius 1 is 1.24 bits per heavy atom. The lowest BCUT2D eigenvalue weighted by Crippen LogP contribution is -2.34. The van der Waals surface area contributed by atoms with Gasteiger partial charge in [0.05, 0.1) is 16.8 Å². The Morgan fingerprint density at radius 2 is 1.84 bits per heavy atom. The molecule has 1 aromatic rings. The number of hydrogen-bond acceptors (Lipinski definition) is 4. The SMILES string of the molecule is Cc1cc(C)c([N+](=O)[O-])cc1C(=O)N1C[C@@H](C(F)(F)F)[C@H](C(=O)O)C1. The molecule has 1 N–H and O–H groups in total. The van der Waals surface area contributed by atoms with E-state index in [0.29, 0.717) is 11.1 Å². The van der Waals surface area contributed by atoms with Crippen molar-refractivity contribution in [2.45, 2.75) is 20.0 Å². The molecule has 0 spiro atoms. The molecule has 1 amide bonds. The van der Waals surface area contributed by atoms with Gasteiger partial charge in [0.15, 0.2) is 0 Å². The monoisotopic (exact) mass is 360 g/mol. The number of nitrogens with zero attached hydrogens (tertiary/aromatic N) is 2. The van der Waals surface area contributed by atoms with Crippen LogP contribution in [0.3, 0.4) is 0 Å². The van der Waals surface area contributed by atoms with E-state index in [2.05, 4.69) is 0 Å². The Kier molecular flexibility index (Phi) is 4.74. The van der Waals surface area contributed by atoms with Crippen LogP contribution in [0.5, 0.6) is 0 Å². The maximum Gasteiger partial charge on any atom is 0.394 e. The predicted octanol–water partition coefficient (Wildman–Crippen LogP) is 2.55. The quantitative estimate of drug-likeness (QED) is 0.659. The van der Waals surface area contributed by atoms with Crippen LogP contribution in [0.15, 0.2) is 12.1 Å². The average Bonchev–Trinajstić information content (AvgIpc) is 2.91. The van der Waals surface area contributed by atoms with Crippen molar-refractivity contribution in [3.63, 3.8) is 0 Å².